The Balaban J connectivity index is 1.76. The van der Waals surface area contributed by atoms with Gasteiger partial charge in [-0.05, 0) is 37.8 Å². The van der Waals surface area contributed by atoms with Crippen molar-refractivity contribution in [2.75, 3.05) is 11.9 Å². The lowest BCUT2D eigenvalue weighted by molar-refractivity contribution is -0.122. The summed E-state index contributed by atoms with van der Waals surface area (Å²) in [5.74, 6) is 1.17. The van der Waals surface area contributed by atoms with Crippen molar-refractivity contribution in [1.82, 2.24) is 14.9 Å². The molecule has 1 fully saturated rings. The first-order valence-corrected chi connectivity index (χ1v) is 9.21. The second-order valence-electron chi connectivity index (χ2n) is 7.18. The Morgan fingerprint density at radius 1 is 1.36 bits per heavy atom. The molecule has 6 heteroatoms. The van der Waals surface area contributed by atoms with Crippen LogP contribution in [0.15, 0.2) is 24.3 Å². The summed E-state index contributed by atoms with van der Waals surface area (Å²) in [5.41, 5.74) is 1.76. The molecule has 1 aliphatic carbocycles. The molecule has 1 saturated carbocycles. The number of imidazole rings is 1. The van der Waals surface area contributed by atoms with Gasteiger partial charge in [-0.1, -0.05) is 31.9 Å². The van der Waals surface area contributed by atoms with Gasteiger partial charge in [-0.15, -0.1) is 0 Å². The molecular weight excluding hydrogens is 316 g/mol. The summed E-state index contributed by atoms with van der Waals surface area (Å²) in [6.45, 7) is 4.56. The van der Waals surface area contributed by atoms with E-state index in [0.29, 0.717) is 18.4 Å². The fourth-order valence-corrected chi connectivity index (χ4v) is 3.54. The summed E-state index contributed by atoms with van der Waals surface area (Å²) >= 11 is 0. The lowest BCUT2D eigenvalue weighted by atomic mass is 9.86. The Bertz CT molecular complexity index is 725. The molecule has 1 heterocycles. The molecule has 3 rings (SSSR count). The molecule has 0 spiro atoms. The fourth-order valence-electron chi connectivity index (χ4n) is 3.54. The SMILES string of the molecule is CC(O)CNc1nc2ccccc2n1CC(=O)NC1CCCCC1C. The molecule has 2 aromatic rings. The predicted molar refractivity (Wildman–Crippen MR) is 99.5 cm³/mol. The van der Waals surface area contributed by atoms with Gasteiger partial charge in [0.25, 0.3) is 0 Å². The van der Waals surface area contributed by atoms with E-state index in [-0.39, 0.29) is 18.5 Å². The third-order valence-electron chi connectivity index (χ3n) is 4.97. The van der Waals surface area contributed by atoms with Crippen LogP contribution in [0.3, 0.4) is 0 Å². The maximum atomic E-state index is 12.6. The van der Waals surface area contributed by atoms with Crippen LogP contribution in [0.1, 0.15) is 39.5 Å². The van der Waals surface area contributed by atoms with Crippen LogP contribution in [0.4, 0.5) is 5.95 Å². The predicted octanol–water partition coefficient (Wildman–Crippen LogP) is 2.52. The van der Waals surface area contributed by atoms with Crippen molar-refractivity contribution in [2.24, 2.45) is 5.92 Å². The first-order chi connectivity index (χ1) is 12.0. The molecule has 0 aliphatic heterocycles. The fraction of sp³-hybridized carbons (Fsp3) is 0.579. The Morgan fingerprint density at radius 2 is 2.12 bits per heavy atom. The highest BCUT2D eigenvalue weighted by Crippen LogP contribution is 2.24. The molecule has 3 unspecified atom stereocenters. The molecule has 3 atom stereocenters. The first-order valence-electron chi connectivity index (χ1n) is 9.21. The zero-order chi connectivity index (χ0) is 17.8. The lowest BCUT2D eigenvalue weighted by Crippen LogP contribution is -2.42. The Kier molecular flexibility index (Phi) is 5.58. The van der Waals surface area contributed by atoms with E-state index in [1.54, 1.807) is 6.92 Å². The summed E-state index contributed by atoms with van der Waals surface area (Å²) in [6, 6.07) is 8.04. The van der Waals surface area contributed by atoms with Gasteiger partial charge in [0.2, 0.25) is 11.9 Å². The van der Waals surface area contributed by atoms with Crippen LogP contribution in [-0.2, 0) is 11.3 Å². The second-order valence-corrected chi connectivity index (χ2v) is 7.18. The van der Waals surface area contributed by atoms with E-state index >= 15 is 0 Å². The van der Waals surface area contributed by atoms with Crippen molar-refractivity contribution in [2.45, 2.75) is 58.2 Å². The van der Waals surface area contributed by atoms with E-state index in [2.05, 4.69) is 22.5 Å². The number of carbonyl (C=O) groups excluding carboxylic acids is 1. The number of anilines is 1. The minimum absolute atomic E-state index is 0.0157. The van der Waals surface area contributed by atoms with Crippen molar-refractivity contribution in [1.29, 1.82) is 0 Å². The number of aliphatic hydroxyl groups excluding tert-OH is 1. The van der Waals surface area contributed by atoms with Gasteiger partial charge in [-0.3, -0.25) is 4.79 Å². The number of aliphatic hydroxyl groups is 1. The summed E-state index contributed by atoms with van der Waals surface area (Å²) < 4.78 is 1.89. The Hall–Kier alpha value is -2.08. The van der Waals surface area contributed by atoms with Crippen LogP contribution in [-0.4, -0.2) is 39.3 Å². The molecule has 1 aromatic carbocycles. The Morgan fingerprint density at radius 3 is 2.88 bits per heavy atom. The number of benzene rings is 1. The van der Waals surface area contributed by atoms with Gasteiger partial charge in [0.1, 0.15) is 6.54 Å². The second kappa shape index (κ2) is 7.87. The average Bonchev–Trinajstić information content (AvgIpc) is 2.93. The zero-order valence-corrected chi connectivity index (χ0v) is 15.0. The van der Waals surface area contributed by atoms with E-state index in [1.165, 1.54) is 19.3 Å². The third-order valence-corrected chi connectivity index (χ3v) is 4.97. The van der Waals surface area contributed by atoms with E-state index in [0.717, 1.165) is 17.5 Å². The van der Waals surface area contributed by atoms with E-state index < -0.39 is 6.10 Å². The van der Waals surface area contributed by atoms with Crippen molar-refractivity contribution in [3.63, 3.8) is 0 Å². The highest BCUT2D eigenvalue weighted by molar-refractivity contribution is 5.83. The smallest absolute Gasteiger partial charge is 0.240 e. The van der Waals surface area contributed by atoms with E-state index in [1.807, 2.05) is 28.8 Å². The molecule has 25 heavy (non-hydrogen) atoms. The van der Waals surface area contributed by atoms with E-state index in [9.17, 15) is 9.90 Å². The number of amides is 1. The van der Waals surface area contributed by atoms with Gasteiger partial charge in [0.05, 0.1) is 17.1 Å². The average molecular weight is 344 g/mol. The van der Waals surface area contributed by atoms with Crippen LogP contribution < -0.4 is 10.6 Å². The standard InChI is InChI=1S/C19H28N4O2/c1-13-7-3-4-8-15(13)21-18(25)12-23-17-10-6-5-9-16(17)22-19(23)20-11-14(2)24/h5-6,9-10,13-15,24H,3-4,7-8,11-12H2,1-2H3,(H,20,22)(H,21,25). The van der Waals surface area contributed by atoms with Crippen molar-refractivity contribution in [3.8, 4) is 0 Å². The van der Waals surface area contributed by atoms with Gasteiger partial charge in [-0.25, -0.2) is 4.98 Å². The number of carbonyl (C=O) groups is 1. The number of hydrogen-bond acceptors (Lipinski definition) is 4. The van der Waals surface area contributed by atoms with Crippen molar-refractivity contribution in [3.05, 3.63) is 24.3 Å². The molecule has 3 N–H and O–H groups in total. The van der Waals surface area contributed by atoms with Gasteiger partial charge >= 0.3 is 0 Å². The van der Waals surface area contributed by atoms with Crippen LogP contribution >= 0.6 is 0 Å². The number of aromatic nitrogens is 2. The molecule has 1 aromatic heterocycles. The first kappa shape index (κ1) is 17.7. The van der Waals surface area contributed by atoms with Crippen LogP contribution in [0, 0.1) is 5.92 Å². The Labute approximate surface area is 148 Å². The van der Waals surface area contributed by atoms with E-state index in [4.69, 9.17) is 0 Å². The molecular formula is C19H28N4O2. The molecule has 136 valence electrons. The number of hydrogen-bond donors (Lipinski definition) is 3. The topological polar surface area (TPSA) is 79.2 Å². The number of nitrogens with one attached hydrogen (secondary N) is 2. The maximum Gasteiger partial charge on any atom is 0.240 e. The van der Waals surface area contributed by atoms with Crippen molar-refractivity contribution >= 4 is 22.9 Å². The number of fused-ring (bicyclic) bond motifs is 1. The largest absolute Gasteiger partial charge is 0.392 e. The summed E-state index contributed by atoms with van der Waals surface area (Å²) in [7, 11) is 0. The van der Waals surface area contributed by atoms with Gasteiger partial charge in [0, 0.05) is 12.6 Å². The highest BCUT2D eigenvalue weighted by atomic mass is 16.3. The minimum atomic E-state index is -0.481. The third kappa shape index (κ3) is 4.31. The van der Waals surface area contributed by atoms with Crippen LogP contribution in [0.5, 0.6) is 0 Å². The van der Waals surface area contributed by atoms with Crippen LogP contribution in [0.2, 0.25) is 0 Å². The maximum absolute atomic E-state index is 12.6. The number of para-hydroxylation sites is 2. The quantitative estimate of drug-likeness (QED) is 0.752. The number of rotatable bonds is 6. The highest BCUT2D eigenvalue weighted by Gasteiger charge is 2.23. The lowest BCUT2D eigenvalue weighted by Gasteiger charge is -2.29. The van der Waals surface area contributed by atoms with Gasteiger partial charge in [-0.2, -0.15) is 0 Å². The summed E-state index contributed by atoms with van der Waals surface area (Å²) in [6.07, 6.45) is 4.20. The summed E-state index contributed by atoms with van der Waals surface area (Å²) in [4.78, 5) is 17.2. The van der Waals surface area contributed by atoms with Crippen LogP contribution in [0.25, 0.3) is 11.0 Å². The monoisotopic (exact) mass is 344 g/mol. The molecule has 1 aliphatic rings. The van der Waals surface area contributed by atoms with Crippen molar-refractivity contribution < 1.29 is 9.90 Å². The minimum Gasteiger partial charge on any atom is -0.392 e. The molecule has 0 saturated heterocycles. The van der Waals surface area contributed by atoms with Gasteiger partial charge < -0.3 is 20.3 Å². The number of nitrogens with zero attached hydrogens (tertiary/aromatic N) is 2. The molecule has 6 nitrogen and oxygen atoms in total. The molecule has 0 radical (unpaired) electrons. The normalized spacial score (nSPS) is 21.9. The zero-order valence-electron chi connectivity index (χ0n) is 15.0. The summed E-state index contributed by atoms with van der Waals surface area (Å²) in [5, 5.41) is 15.9. The van der Waals surface area contributed by atoms with Gasteiger partial charge in [0.15, 0.2) is 0 Å². The molecule has 0 bridgehead atoms. The molecule has 1 amide bonds.